The standard InChI is InChI=1S/C25H26ClN5O5S2/c1-35-20-4-2-3-19-23(20)24(30-38(33,34)22-10-9-21(26)37-22)29-31(19)14-17-7-5-16(6-8-17)13-28-25(32)18-15-36-12-11-27-18/h2-10,18,27H,11-15H2,1H3,(H,28,32)(H,29,30). The van der Waals surface area contributed by atoms with E-state index in [0.29, 0.717) is 53.8 Å². The second kappa shape index (κ2) is 11.3. The number of morpholine rings is 1. The number of methoxy groups -OCH3 is 1. The molecule has 10 nitrogen and oxygen atoms in total. The quantitative estimate of drug-likeness (QED) is 0.280. The van der Waals surface area contributed by atoms with Gasteiger partial charge in [0.1, 0.15) is 16.0 Å². The molecule has 3 N–H and O–H groups in total. The summed E-state index contributed by atoms with van der Waals surface area (Å²) < 4.78 is 41.6. The van der Waals surface area contributed by atoms with Crippen LogP contribution in [-0.2, 0) is 32.6 Å². The SMILES string of the molecule is COc1cccc2c1c(NS(=O)(=O)c1ccc(Cl)s1)nn2Cc1ccc(CNC(=O)C2COCCN2)cc1. The normalized spacial score (nSPS) is 15.9. The number of carbonyl (C=O) groups excluding carboxylic acids is 1. The van der Waals surface area contributed by atoms with Gasteiger partial charge in [0.25, 0.3) is 10.0 Å². The lowest BCUT2D eigenvalue weighted by atomic mass is 10.1. The number of hydrogen-bond acceptors (Lipinski definition) is 8. The van der Waals surface area contributed by atoms with Crippen molar-refractivity contribution in [1.29, 1.82) is 0 Å². The molecule has 3 heterocycles. The first kappa shape index (κ1) is 26.4. The highest BCUT2D eigenvalue weighted by molar-refractivity contribution is 7.94. The Morgan fingerprint density at radius 3 is 2.68 bits per heavy atom. The Kier molecular flexibility index (Phi) is 7.86. The van der Waals surface area contributed by atoms with E-state index in [0.717, 1.165) is 22.5 Å². The van der Waals surface area contributed by atoms with Gasteiger partial charge in [-0.3, -0.25) is 14.2 Å². The van der Waals surface area contributed by atoms with Crippen molar-refractivity contribution in [3.05, 3.63) is 70.1 Å². The fourth-order valence-electron chi connectivity index (χ4n) is 4.16. The summed E-state index contributed by atoms with van der Waals surface area (Å²) in [4.78, 5) is 12.3. The molecule has 1 fully saturated rings. The Labute approximate surface area is 228 Å². The van der Waals surface area contributed by atoms with Crippen LogP contribution in [0.4, 0.5) is 5.82 Å². The highest BCUT2D eigenvalue weighted by Gasteiger charge is 2.23. The highest BCUT2D eigenvalue weighted by Crippen LogP contribution is 2.35. The first-order valence-corrected chi connectivity index (χ1v) is 14.5. The van der Waals surface area contributed by atoms with Crippen molar-refractivity contribution in [1.82, 2.24) is 20.4 Å². The summed E-state index contributed by atoms with van der Waals surface area (Å²) in [6.07, 6.45) is 0. The van der Waals surface area contributed by atoms with Crippen LogP contribution < -0.4 is 20.1 Å². The molecule has 5 rings (SSSR count). The van der Waals surface area contributed by atoms with Crippen LogP contribution in [0, 0.1) is 0 Å². The average Bonchev–Trinajstić information content (AvgIpc) is 3.52. The second-order valence-electron chi connectivity index (χ2n) is 8.64. The van der Waals surface area contributed by atoms with E-state index in [1.165, 1.54) is 19.2 Å². The molecular weight excluding hydrogens is 550 g/mol. The maximum atomic E-state index is 13.0. The fourth-order valence-corrected chi connectivity index (χ4v) is 6.65. The zero-order valence-corrected chi connectivity index (χ0v) is 22.8. The van der Waals surface area contributed by atoms with Gasteiger partial charge in [-0.15, -0.1) is 11.3 Å². The van der Waals surface area contributed by atoms with Crippen LogP contribution in [0.15, 0.2) is 58.8 Å². The molecule has 4 aromatic rings. The molecule has 38 heavy (non-hydrogen) atoms. The summed E-state index contributed by atoms with van der Waals surface area (Å²) in [5.74, 6) is 0.576. The number of fused-ring (bicyclic) bond motifs is 1. The molecule has 2 aromatic heterocycles. The molecule has 200 valence electrons. The van der Waals surface area contributed by atoms with Crippen LogP contribution >= 0.6 is 22.9 Å². The van der Waals surface area contributed by atoms with Crippen molar-refractivity contribution in [2.24, 2.45) is 0 Å². The maximum absolute atomic E-state index is 13.0. The number of anilines is 1. The molecule has 1 atom stereocenters. The molecule has 0 spiro atoms. The third kappa shape index (κ3) is 5.79. The Morgan fingerprint density at radius 1 is 1.21 bits per heavy atom. The molecule has 0 radical (unpaired) electrons. The molecule has 1 unspecified atom stereocenters. The van der Waals surface area contributed by atoms with E-state index >= 15 is 0 Å². The van der Waals surface area contributed by atoms with Gasteiger partial charge >= 0.3 is 0 Å². The van der Waals surface area contributed by atoms with Crippen LogP contribution in [-0.4, -0.2) is 57.0 Å². The van der Waals surface area contributed by atoms with Crippen LogP contribution in [0.2, 0.25) is 4.34 Å². The third-order valence-corrected chi connectivity index (χ3v) is 9.13. The monoisotopic (exact) mass is 575 g/mol. The van der Waals surface area contributed by atoms with Crippen molar-refractivity contribution in [3.8, 4) is 5.75 Å². The lowest BCUT2D eigenvalue weighted by Gasteiger charge is -2.22. The minimum Gasteiger partial charge on any atom is -0.496 e. The van der Waals surface area contributed by atoms with E-state index in [1.54, 1.807) is 10.7 Å². The maximum Gasteiger partial charge on any atom is 0.272 e. The average molecular weight is 576 g/mol. The van der Waals surface area contributed by atoms with Crippen molar-refractivity contribution >= 4 is 55.6 Å². The molecule has 0 bridgehead atoms. The Bertz CT molecular complexity index is 1550. The summed E-state index contributed by atoms with van der Waals surface area (Å²) in [6.45, 7) is 2.43. The molecule has 1 amide bonds. The number of nitrogens with one attached hydrogen (secondary N) is 3. The van der Waals surface area contributed by atoms with Gasteiger partial charge in [0.15, 0.2) is 5.82 Å². The molecule has 1 saturated heterocycles. The van der Waals surface area contributed by atoms with E-state index in [9.17, 15) is 13.2 Å². The zero-order chi connectivity index (χ0) is 26.7. The molecule has 13 heteroatoms. The number of carbonyl (C=O) groups is 1. The summed E-state index contributed by atoms with van der Waals surface area (Å²) in [6, 6.07) is 15.9. The topological polar surface area (TPSA) is 124 Å². The Hall–Kier alpha value is -3.16. The minimum atomic E-state index is -3.89. The van der Waals surface area contributed by atoms with E-state index in [1.807, 2.05) is 36.4 Å². The van der Waals surface area contributed by atoms with Gasteiger partial charge in [0.05, 0.1) is 42.1 Å². The van der Waals surface area contributed by atoms with Crippen LogP contribution in [0.25, 0.3) is 10.9 Å². The first-order chi connectivity index (χ1) is 18.3. The van der Waals surface area contributed by atoms with Crippen molar-refractivity contribution in [2.75, 3.05) is 31.6 Å². The van der Waals surface area contributed by atoms with Gasteiger partial charge in [0.2, 0.25) is 5.91 Å². The molecule has 1 aliphatic heterocycles. The number of nitrogens with zero attached hydrogens (tertiary/aromatic N) is 2. The van der Waals surface area contributed by atoms with Gasteiger partial charge in [-0.05, 0) is 35.4 Å². The number of benzene rings is 2. The lowest BCUT2D eigenvalue weighted by molar-refractivity contribution is -0.126. The van der Waals surface area contributed by atoms with Gasteiger partial charge in [-0.25, -0.2) is 8.42 Å². The van der Waals surface area contributed by atoms with Crippen molar-refractivity contribution in [3.63, 3.8) is 0 Å². The summed E-state index contributed by atoms with van der Waals surface area (Å²) >= 11 is 6.91. The number of sulfonamides is 1. The number of amides is 1. The van der Waals surface area contributed by atoms with E-state index in [4.69, 9.17) is 21.1 Å². The summed E-state index contributed by atoms with van der Waals surface area (Å²) in [5.41, 5.74) is 2.62. The van der Waals surface area contributed by atoms with Crippen LogP contribution in [0.1, 0.15) is 11.1 Å². The number of halogens is 1. The lowest BCUT2D eigenvalue weighted by Crippen LogP contribution is -2.51. The smallest absolute Gasteiger partial charge is 0.272 e. The van der Waals surface area contributed by atoms with Gasteiger partial charge < -0.3 is 20.1 Å². The van der Waals surface area contributed by atoms with E-state index in [2.05, 4.69) is 20.5 Å². The van der Waals surface area contributed by atoms with Crippen LogP contribution in [0.3, 0.4) is 0 Å². The number of thiophene rings is 1. The zero-order valence-electron chi connectivity index (χ0n) is 20.4. The van der Waals surface area contributed by atoms with Gasteiger partial charge in [0, 0.05) is 13.1 Å². The Morgan fingerprint density at radius 2 is 2.00 bits per heavy atom. The number of ether oxygens (including phenoxy) is 2. The van der Waals surface area contributed by atoms with Gasteiger partial charge in [-0.1, -0.05) is 41.9 Å². The molecule has 2 aromatic carbocycles. The molecular formula is C25H26ClN5O5S2. The molecule has 1 aliphatic rings. The number of aromatic nitrogens is 2. The molecule has 0 aliphatic carbocycles. The largest absolute Gasteiger partial charge is 0.496 e. The predicted octanol–water partition coefficient (Wildman–Crippen LogP) is 3.21. The third-order valence-electron chi connectivity index (χ3n) is 6.06. The van der Waals surface area contributed by atoms with Crippen LogP contribution in [0.5, 0.6) is 5.75 Å². The van der Waals surface area contributed by atoms with E-state index < -0.39 is 10.0 Å². The first-order valence-electron chi connectivity index (χ1n) is 11.8. The second-order valence-corrected chi connectivity index (χ2v) is 12.3. The van der Waals surface area contributed by atoms with Crippen molar-refractivity contribution in [2.45, 2.75) is 23.3 Å². The number of hydrogen-bond donors (Lipinski definition) is 3. The minimum absolute atomic E-state index is 0.0921. The summed E-state index contributed by atoms with van der Waals surface area (Å²) in [5, 5.41) is 11.2. The van der Waals surface area contributed by atoms with Gasteiger partial charge in [-0.2, -0.15) is 5.10 Å². The van der Waals surface area contributed by atoms with Crippen molar-refractivity contribution < 1.29 is 22.7 Å². The number of rotatable bonds is 9. The summed E-state index contributed by atoms with van der Waals surface area (Å²) in [7, 11) is -2.36. The highest BCUT2D eigenvalue weighted by atomic mass is 35.5. The molecule has 0 saturated carbocycles. The fraction of sp³-hybridized carbons (Fsp3) is 0.280. The predicted molar refractivity (Wildman–Crippen MR) is 146 cm³/mol. The Balaban J connectivity index is 1.34. The van der Waals surface area contributed by atoms with E-state index in [-0.39, 0.29) is 22.0 Å².